The maximum Gasteiger partial charge on any atom is 0.273 e. The molecule has 0 saturated carbocycles. The van der Waals surface area contributed by atoms with Crippen molar-refractivity contribution in [2.24, 2.45) is 0 Å². The number of benzene rings is 1. The lowest BCUT2D eigenvalue weighted by Crippen LogP contribution is -2.21. The van der Waals surface area contributed by atoms with Gasteiger partial charge >= 0.3 is 0 Å². The van der Waals surface area contributed by atoms with Crippen LogP contribution in [0.1, 0.15) is 48.1 Å². The van der Waals surface area contributed by atoms with E-state index in [-0.39, 0.29) is 11.7 Å². The summed E-state index contributed by atoms with van der Waals surface area (Å²) in [6, 6.07) is 6.24. The number of rotatable bonds is 6. The van der Waals surface area contributed by atoms with Crippen molar-refractivity contribution >= 4 is 17.3 Å². The van der Waals surface area contributed by atoms with Crippen molar-refractivity contribution in [3.8, 4) is 11.3 Å². The number of halogens is 1. The number of aromatic nitrogens is 4. The zero-order chi connectivity index (χ0) is 21.3. The highest BCUT2D eigenvalue weighted by Crippen LogP contribution is 2.31. The number of nitrogens with one attached hydrogen (secondary N) is 2. The number of aryl methyl sites for hydroxylation is 2. The van der Waals surface area contributed by atoms with Gasteiger partial charge in [0.25, 0.3) is 5.91 Å². The number of hydrogen-bond donors (Lipinski definition) is 2. The molecule has 2 aromatic heterocycles. The number of anilines is 2. The molecular formula is C22H27FN6O. The molecule has 8 heteroatoms. The Kier molecular flexibility index (Phi) is 5.57. The predicted octanol–water partition coefficient (Wildman–Crippen LogP) is 4.29. The Hall–Kier alpha value is -3.16. The number of amides is 1. The molecular weight excluding hydrogens is 383 g/mol. The van der Waals surface area contributed by atoms with Crippen LogP contribution in [0.5, 0.6) is 0 Å². The van der Waals surface area contributed by atoms with Crippen molar-refractivity contribution in [1.82, 2.24) is 20.0 Å². The third-order valence-electron chi connectivity index (χ3n) is 5.55. The van der Waals surface area contributed by atoms with E-state index >= 15 is 0 Å². The molecule has 0 bridgehead atoms. The molecule has 0 radical (unpaired) electrons. The summed E-state index contributed by atoms with van der Waals surface area (Å²) in [7, 11) is 0. The summed E-state index contributed by atoms with van der Waals surface area (Å²) in [6.07, 6.45) is 3.18. The lowest BCUT2D eigenvalue weighted by molar-refractivity contribution is 0.102. The largest absolute Gasteiger partial charge is 0.370 e. The van der Waals surface area contributed by atoms with E-state index in [4.69, 9.17) is 0 Å². The van der Waals surface area contributed by atoms with E-state index in [0.717, 1.165) is 61.5 Å². The van der Waals surface area contributed by atoms with E-state index < -0.39 is 0 Å². The summed E-state index contributed by atoms with van der Waals surface area (Å²) in [5, 5.41) is 14.6. The average molecular weight is 410 g/mol. The molecule has 0 unspecified atom stereocenters. The van der Waals surface area contributed by atoms with Gasteiger partial charge in [0.2, 0.25) is 0 Å². The van der Waals surface area contributed by atoms with E-state index in [2.05, 4.69) is 32.4 Å². The van der Waals surface area contributed by atoms with Crippen molar-refractivity contribution < 1.29 is 9.18 Å². The van der Waals surface area contributed by atoms with Crippen molar-refractivity contribution in [1.29, 1.82) is 0 Å². The van der Waals surface area contributed by atoms with Crippen LogP contribution in [0.4, 0.5) is 15.8 Å². The van der Waals surface area contributed by atoms with Gasteiger partial charge in [0.05, 0.1) is 22.8 Å². The number of aromatic amines is 1. The van der Waals surface area contributed by atoms with Crippen molar-refractivity contribution in [2.45, 2.75) is 46.6 Å². The Morgan fingerprint density at radius 2 is 2.00 bits per heavy atom. The Balaban J connectivity index is 1.58. The maximum absolute atomic E-state index is 13.9. The molecule has 3 heterocycles. The Bertz CT molecular complexity index is 1060. The summed E-state index contributed by atoms with van der Waals surface area (Å²) in [5.74, 6) is -0.732. The number of nitrogens with zero attached hydrogens (tertiary/aromatic N) is 4. The zero-order valence-corrected chi connectivity index (χ0v) is 17.6. The Morgan fingerprint density at radius 1 is 1.23 bits per heavy atom. The van der Waals surface area contributed by atoms with Crippen LogP contribution < -0.4 is 10.2 Å². The third kappa shape index (κ3) is 3.81. The number of carbonyl (C=O) groups excluding carboxylic acids is 1. The first-order valence-electron chi connectivity index (χ1n) is 10.4. The molecule has 4 rings (SSSR count). The molecule has 3 aromatic rings. The number of H-pyrrole nitrogens is 1. The molecule has 2 N–H and O–H groups in total. The van der Waals surface area contributed by atoms with Crippen LogP contribution in [0.2, 0.25) is 0 Å². The molecule has 0 spiro atoms. The second-order valence-corrected chi connectivity index (χ2v) is 7.75. The minimum Gasteiger partial charge on any atom is -0.370 e. The fourth-order valence-corrected chi connectivity index (χ4v) is 4.10. The van der Waals surface area contributed by atoms with Crippen molar-refractivity contribution in [2.75, 3.05) is 23.3 Å². The van der Waals surface area contributed by atoms with E-state index in [1.807, 2.05) is 18.5 Å². The monoisotopic (exact) mass is 410 g/mol. The normalized spacial score (nSPS) is 13.8. The van der Waals surface area contributed by atoms with Gasteiger partial charge in [0, 0.05) is 30.9 Å². The summed E-state index contributed by atoms with van der Waals surface area (Å²) >= 11 is 0. The summed E-state index contributed by atoms with van der Waals surface area (Å²) in [4.78, 5) is 15.0. The molecule has 1 fully saturated rings. The highest BCUT2D eigenvalue weighted by Gasteiger charge is 2.21. The van der Waals surface area contributed by atoms with Crippen LogP contribution >= 0.6 is 0 Å². The predicted molar refractivity (Wildman–Crippen MR) is 115 cm³/mol. The smallest absolute Gasteiger partial charge is 0.273 e. The fraction of sp³-hybridized carbons (Fsp3) is 0.409. The van der Waals surface area contributed by atoms with Crippen LogP contribution in [0.15, 0.2) is 24.3 Å². The van der Waals surface area contributed by atoms with Crippen LogP contribution in [0, 0.1) is 19.7 Å². The summed E-state index contributed by atoms with van der Waals surface area (Å²) in [6.45, 7) is 8.71. The van der Waals surface area contributed by atoms with Gasteiger partial charge in [-0.05, 0) is 57.4 Å². The first-order valence-corrected chi connectivity index (χ1v) is 10.4. The Morgan fingerprint density at radius 3 is 2.73 bits per heavy atom. The van der Waals surface area contributed by atoms with E-state index in [0.29, 0.717) is 17.1 Å². The molecule has 1 saturated heterocycles. The molecule has 1 aromatic carbocycles. The lowest BCUT2D eigenvalue weighted by Gasteiger charge is -2.21. The molecule has 0 aliphatic carbocycles. The molecule has 7 nitrogen and oxygen atoms in total. The minimum atomic E-state index is -0.381. The van der Waals surface area contributed by atoms with Gasteiger partial charge in [0.15, 0.2) is 0 Å². The second kappa shape index (κ2) is 8.30. The van der Waals surface area contributed by atoms with E-state index in [9.17, 15) is 9.18 Å². The fourth-order valence-electron chi connectivity index (χ4n) is 4.10. The first kappa shape index (κ1) is 20.1. The van der Waals surface area contributed by atoms with Crippen LogP contribution in [-0.4, -0.2) is 39.0 Å². The third-order valence-corrected chi connectivity index (χ3v) is 5.55. The topological polar surface area (TPSA) is 78.8 Å². The molecule has 30 heavy (non-hydrogen) atoms. The van der Waals surface area contributed by atoms with Gasteiger partial charge < -0.3 is 10.2 Å². The average Bonchev–Trinajstić information content (AvgIpc) is 3.44. The van der Waals surface area contributed by atoms with Gasteiger partial charge in [-0.15, -0.1) is 0 Å². The second-order valence-electron chi connectivity index (χ2n) is 7.75. The molecule has 158 valence electrons. The number of hydrogen-bond acceptors (Lipinski definition) is 4. The maximum atomic E-state index is 13.9. The lowest BCUT2D eigenvalue weighted by atomic mass is 10.1. The van der Waals surface area contributed by atoms with Crippen LogP contribution in [0.25, 0.3) is 11.3 Å². The van der Waals surface area contributed by atoms with Crippen molar-refractivity contribution in [3.05, 3.63) is 47.2 Å². The molecule has 0 atom stereocenters. The van der Waals surface area contributed by atoms with Gasteiger partial charge in [-0.2, -0.15) is 10.2 Å². The van der Waals surface area contributed by atoms with E-state index in [1.54, 1.807) is 12.1 Å². The quantitative estimate of drug-likeness (QED) is 0.635. The van der Waals surface area contributed by atoms with Crippen LogP contribution in [-0.2, 0) is 6.54 Å². The van der Waals surface area contributed by atoms with Gasteiger partial charge in [0.1, 0.15) is 11.5 Å². The molecule has 1 amide bonds. The van der Waals surface area contributed by atoms with Gasteiger partial charge in [-0.25, -0.2) is 4.39 Å². The standard InChI is InChI=1S/C22H27FN6O/c1-4-9-29-15(3)21(14(2)27-29)18-13-19(26-25-18)22(30)24-17-12-16(23)7-8-20(17)28-10-5-6-11-28/h7-8,12-13H,4-6,9-11H2,1-3H3,(H,24,30)(H,25,26). The van der Waals surface area contributed by atoms with E-state index in [1.165, 1.54) is 12.1 Å². The first-order chi connectivity index (χ1) is 14.5. The van der Waals surface area contributed by atoms with Crippen molar-refractivity contribution in [3.63, 3.8) is 0 Å². The molecule has 1 aliphatic heterocycles. The van der Waals surface area contributed by atoms with Crippen LogP contribution in [0.3, 0.4) is 0 Å². The van der Waals surface area contributed by atoms with Gasteiger partial charge in [-0.3, -0.25) is 14.6 Å². The zero-order valence-electron chi connectivity index (χ0n) is 17.6. The minimum absolute atomic E-state index is 0.323. The SMILES string of the molecule is CCCn1nc(C)c(-c2cc(C(=O)Nc3cc(F)ccc3N3CCCC3)[nH]n2)c1C. The number of carbonyl (C=O) groups is 1. The van der Waals surface area contributed by atoms with Gasteiger partial charge in [-0.1, -0.05) is 6.92 Å². The molecule has 1 aliphatic rings. The summed E-state index contributed by atoms with van der Waals surface area (Å²) in [5.41, 5.74) is 5.15. The highest BCUT2D eigenvalue weighted by atomic mass is 19.1. The Labute approximate surface area is 175 Å². The summed E-state index contributed by atoms with van der Waals surface area (Å²) < 4.78 is 15.8. The highest BCUT2D eigenvalue weighted by molar-refractivity contribution is 6.05.